The minimum Gasteiger partial charge on any atom is -0.369 e. The zero-order valence-electron chi connectivity index (χ0n) is 21.5. The van der Waals surface area contributed by atoms with E-state index >= 15 is 0 Å². The molecule has 1 aliphatic rings. The van der Waals surface area contributed by atoms with Gasteiger partial charge in [0.05, 0.1) is 4.90 Å². The first-order chi connectivity index (χ1) is 17.1. The van der Waals surface area contributed by atoms with E-state index in [1.165, 1.54) is 5.69 Å². The lowest BCUT2D eigenvalue weighted by atomic mass is 10.2. The quantitative estimate of drug-likeness (QED) is 0.419. The molecule has 3 aromatic rings. The zero-order chi connectivity index (χ0) is 25.9. The van der Waals surface area contributed by atoms with Crippen molar-refractivity contribution >= 4 is 38.9 Å². The minimum absolute atomic E-state index is 0.192. The summed E-state index contributed by atoms with van der Waals surface area (Å²) in [5.41, 5.74) is 4.45. The highest BCUT2D eigenvalue weighted by Crippen LogP contribution is 2.26. The van der Waals surface area contributed by atoms with E-state index in [0.717, 1.165) is 43.1 Å². The van der Waals surface area contributed by atoms with E-state index < -0.39 is 10.0 Å². The molecule has 3 N–H and O–H groups in total. The molecule has 1 saturated heterocycles. The molecule has 0 saturated carbocycles. The van der Waals surface area contributed by atoms with E-state index in [9.17, 15) is 8.42 Å². The Balaban J connectivity index is 1.51. The second-order valence-corrected chi connectivity index (χ2v) is 11.2. The summed E-state index contributed by atoms with van der Waals surface area (Å²) in [6.45, 7) is 11.6. The van der Waals surface area contributed by atoms with Crippen LogP contribution in [-0.2, 0) is 10.0 Å². The second-order valence-electron chi connectivity index (χ2n) is 9.50. The van der Waals surface area contributed by atoms with E-state index in [2.05, 4.69) is 54.3 Å². The first-order valence-corrected chi connectivity index (χ1v) is 13.6. The SMILES string of the molecule is Cc1nc(Nc2ccc(N3CCN(C)CC3)cc2)nc(Nc2cccc(S(=O)(=O)NC(C)C)c2)c1C. The predicted molar refractivity (Wildman–Crippen MR) is 146 cm³/mol. The Morgan fingerprint density at radius 2 is 1.58 bits per heavy atom. The van der Waals surface area contributed by atoms with Gasteiger partial charge in [0.2, 0.25) is 16.0 Å². The molecule has 36 heavy (non-hydrogen) atoms. The fourth-order valence-electron chi connectivity index (χ4n) is 4.01. The highest BCUT2D eigenvalue weighted by Gasteiger charge is 2.17. The number of nitrogens with one attached hydrogen (secondary N) is 3. The van der Waals surface area contributed by atoms with Gasteiger partial charge >= 0.3 is 0 Å². The summed E-state index contributed by atoms with van der Waals surface area (Å²) in [6.07, 6.45) is 0. The van der Waals surface area contributed by atoms with Gasteiger partial charge in [-0.05, 0) is 77.2 Å². The molecule has 4 rings (SSSR count). The van der Waals surface area contributed by atoms with Crippen molar-refractivity contribution in [2.75, 3.05) is 48.8 Å². The summed E-state index contributed by atoms with van der Waals surface area (Å²) in [5.74, 6) is 1.09. The summed E-state index contributed by atoms with van der Waals surface area (Å²) in [6, 6.07) is 14.8. The van der Waals surface area contributed by atoms with Crippen molar-refractivity contribution in [1.29, 1.82) is 0 Å². The van der Waals surface area contributed by atoms with Gasteiger partial charge in [0.1, 0.15) is 5.82 Å². The van der Waals surface area contributed by atoms with Crippen LogP contribution in [0.25, 0.3) is 0 Å². The van der Waals surface area contributed by atoms with Crippen molar-refractivity contribution in [1.82, 2.24) is 19.6 Å². The molecule has 0 spiro atoms. The molecule has 0 atom stereocenters. The first kappa shape index (κ1) is 25.9. The average Bonchev–Trinajstić information content (AvgIpc) is 2.83. The van der Waals surface area contributed by atoms with Gasteiger partial charge < -0.3 is 20.4 Å². The fourth-order valence-corrected chi connectivity index (χ4v) is 5.31. The van der Waals surface area contributed by atoms with Crippen LogP contribution in [0.3, 0.4) is 0 Å². The molecule has 192 valence electrons. The van der Waals surface area contributed by atoms with Crippen molar-refractivity contribution in [3.63, 3.8) is 0 Å². The molecule has 2 heterocycles. The van der Waals surface area contributed by atoms with E-state index in [-0.39, 0.29) is 10.9 Å². The third kappa shape index (κ3) is 6.31. The molecule has 9 nitrogen and oxygen atoms in total. The average molecular weight is 510 g/mol. The van der Waals surface area contributed by atoms with E-state index in [1.54, 1.807) is 32.0 Å². The number of aryl methyl sites for hydroxylation is 1. The number of likely N-dealkylation sites (N-methyl/N-ethyl adjacent to an activating group) is 1. The highest BCUT2D eigenvalue weighted by atomic mass is 32.2. The molecule has 0 amide bonds. The summed E-state index contributed by atoms with van der Waals surface area (Å²) in [4.78, 5) is 14.2. The van der Waals surface area contributed by atoms with Gasteiger partial charge in [-0.2, -0.15) is 4.98 Å². The number of piperazine rings is 1. The predicted octanol–water partition coefficient (Wildman–Crippen LogP) is 4.02. The monoisotopic (exact) mass is 509 g/mol. The van der Waals surface area contributed by atoms with Gasteiger partial charge in [-0.3, -0.25) is 0 Å². The third-order valence-electron chi connectivity index (χ3n) is 6.18. The van der Waals surface area contributed by atoms with Gasteiger partial charge in [0.15, 0.2) is 0 Å². The number of aromatic nitrogens is 2. The molecule has 10 heteroatoms. The third-order valence-corrected chi connectivity index (χ3v) is 7.84. The highest BCUT2D eigenvalue weighted by molar-refractivity contribution is 7.89. The summed E-state index contributed by atoms with van der Waals surface area (Å²) >= 11 is 0. The van der Waals surface area contributed by atoms with Gasteiger partial charge in [-0.25, -0.2) is 18.1 Å². The molecule has 0 unspecified atom stereocenters. The summed E-state index contributed by atoms with van der Waals surface area (Å²) in [5, 5.41) is 6.56. The molecular formula is C26H35N7O2S. The van der Waals surface area contributed by atoms with E-state index in [1.807, 2.05) is 32.0 Å². The Kier molecular flexibility index (Phi) is 7.77. The lowest BCUT2D eigenvalue weighted by Crippen LogP contribution is -2.44. The number of sulfonamides is 1. The number of hydrogen-bond acceptors (Lipinski definition) is 8. The maximum Gasteiger partial charge on any atom is 0.240 e. The van der Waals surface area contributed by atoms with Crippen LogP contribution in [0.15, 0.2) is 53.4 Å². The van der Waals surface area contributed by atoms with Gasteiger partial charge in [0, 0.05) is 60.5 Å². The number of anilines is 5. The van der Waals surface area contributed by atoms with Crippen LogP contribution in [0.2, 0.25) is 0 Å². The molecule has 1 fully saturated rings. The Hall–Kier alpha value is -3.21. The van der Waals surface area contributed by atoms with Crippen LogP contribution < -0.4 is 20.3 Å². The molecule has 0 radical (unpaired) electrons. The molecule has 0 aliphatic carbocycles. The number of rotatable bonds is 8. The fraction of sp³-hybridized carbons (Fsp3) is 0.385. The maximum atomic E-state index is 12.6. The summed E-state index contributed by atoms with van der Waals surface area (Å²) in [7, 11) is -1.44. The normalized spacial score (nSPS) is 14.8. The van der Waals surface area contributed by atoms with E-state index in [4.69, 9.17) is 0 Å². The smallest absolute Gasteiger partial charge is 0.240 e. The Morgan fingerprint density at radius 3 is 2.25 bits per heavy atom. The Labute approximate surface area is 214 Å². The van der Waals surface area contributed by atoms with Crippen LogP contribution in [0.5, 0.6) is 0 Å². The molecule has 1 aromatic heterocycles. The topological polar surface area (TPSA) is 102 Å². The Bertz CT molecular complexity index is 1300. The molecule has 1 aliphatic heterocycles. The van der Waals surface area contributed by atoms with Crippen LogP contribution in [0.4, 0.5) is 28.8 Å². The molecular weight excluding hydrogens is 474 g/mol. The maximum absolute atomic E-state index is 12.6. The molecule has 2 aromatic carbocycles. The number of benzene rings is 2. The summed E-state index contributed by atoms with van der Waals surface area (Å²) < 4.78 is 27.8. The number of nitrogens with zero attached hydrogens (tertiary/aromatic N) is 4. The van der Waals surface area contributed by atoms with Gasteiger partial charge in [-0.1, -0.05) is 6.07 Å². The zero-order valence-corrected chi connectivity index (χ0v) is 22.4. The van der Waals surface area contributed by atoms with Crippen LogP contribution in [0, 0.1) is 13.8 Å². The Morgan fingerprint density at radius 1 is 0.889 bits per heavy atom. The van der Waals surface area contributed by atoms with Crippen molar-refractivity contribution in [3.8, 4) is 0 Å². The van der Waals surface area contributed by atoms with E-state index in [0.29, 0.717) is 17.5 Å². The van der Waals surface area contributed by atoms with Crippen molar-refractivity contribution in [2.45, 2.75) is 38.6 Å². The second kappa shape index (κ2) is 10.8. The number of hydrogen-bond donors (Lipinski definition) is 3. The van der Waals surface area contributed by atoms with Crippen molar-refractivity contribution in [2.24, 2.45) is 0 Å². The van der Waals surface area contributed by atoms with Gasteiger partial charge in [0.25, 0.3) is 0 Å². The lowest BCUT2D eigenvalue weighted by Gasteiger charge is -2.34. The van der Waals surface area contributed by atoms with Crippen LogP contribution in [-0.4, -0.2) is 62.6 Å². The first-order valence-electron chi connectivity index (χ1n) is 12.2. The van der Waals surface area contributed by atoms with Crippen LogP contribution in [0.1, 0.15) is 25.1 Å². The van der Waals surface area contributed by atoms with Crippen LogP contribution >= 0.6 is 0 Å². The van der Waals surface area contributed by atoms with Crippen molar-refractivity contribution < 1.29 is 8.42 Å². The standard InChI is InChI=1S/C26H35N7O2S/c1-18(2)31-36(34,35)24-8-6-7-22(17-24)28-25-19(3)20(4)27-26(30-25)29-21-9-11-23(12-10-21)33-15-13-32(5)14-16-33/h6-12,17-18,31H,13-16H2,1-5H3,(H2,27,28,29,30). The molecule has 0 bridgehead atoms. The minimum atomic E-state index is -3.60. The van der Waals surface area contributed by atoms with Gasteiger partial charge in [-0.15, -0.1) is 0 Å². The lowest BCUT2D eigenvalue weighted by molar-refractivity contribution is 0.313. The largest absolute Gasteiger partial charge is 0.369 e. The van der Waals surface area contributed by atoms with Crippen molar-refractivity contribution in [3.05, 3.63) is 59.8 Å².